The topological polar surface area (TPSA) is 46.6 Å². The van der Waals surface area contributed by atoms with Crippen LogP contribution in [0.4, 0.5) is 0 Å². The number of rotatable bonds is 5. The summed E-state index contributed by atoms with van der Waals surface area (Å²) >= 11 is 0. The van der Waals surface area contributed by atoms with Gasteiger partial charge >= 0.3 is 0 Å². The Kier molecular flexibility index (Phi) is 5.18. The molecule has 1 fully saturated rings. The Morgan fingerprint density at radius 1 is 1.20 bits per heavy atom. The van der Waals surface area contributed by atoms with E-state index in [9.17, 15) is 8.42 Å². The van der Waals surface area contributed by atoms with Crippen LogP contribution in [0.1, 0.15) is 24.8 Å². The van der Waals surface area contributed by atoms with Gasteiger partial charge in [0.1, 0.15) is 0 Å². The quantitative estimate of drug-likeness (QED) is 0.838. The lowest BCUT2D eigenvalue weighted by atomic mass is 9.97. The maximum Gasteiger partial charge on any atom is 0.242 e. The summed E-state index contributed by atoms with van der Waals surface area (Å²) in [5, 5.41) is 0. The van der Waals surface area contributed by atoms with Crippen LogP contribution in [0.3, 0.4) is 0 Å². The summed E-state index contributed by atoms with van der Waals surface area (Å²) in [6.07, 6.45) is 2.99. The van der Waals surface area contributed by atoms with E-state index in [1.54, 1.807) is 19.2 Å². The largest absolute Gasteiger partial charge is 0.381 e. The highest BCUT2D eigenvalue weighted by molar-refractivity contribution is 7.89. The van der Waals surface area contributed by atoms with Crippen LogP contribution >= 0.6 is 0 Å². The average Bonchev–Trinajstić information content (AvgIpc) is 2.46. The molecule has 0 aromatic heterocycles. The summed E-state index contributed by atoms with van der Waals surface area (Å²) in [5.74, 6) is 0.583. The van der Waals surface area contributed by atoms with E-state index in [1.807, 2.05) is 19.1 Å². The number of sulfonamides is 1. The molecule has 1 heterocycles. The van der Waals surface area contributed by atoms with Crippen molar-refractivity contribution in [2.75, 3.05) is 26.8 Å². The van der Waals surface area contributed by atoms with E-state index >= 15 is 0 Å². The first-order valence-corrected chi connectivity index (χ1v) is 8.55. The van der Waals surface area contributed by atoms with Crippen molar-refractivity contribution in [1.82, 2.24) is 4.31 Å². The molecular formula is C15H23NO3S. The molecule has 0 atom stereocenters. The average molecular weight is 297 g/mol. The van der Waals surface area contributed by atoms with Crippen molar-refractivity contribution in [2.45, 2.75) is 31.1 Å². The van der Waals surface area contributed by atoms with Gasteiger partial charge in [-0.15, -0.1) is 0 Å². The van der Waals surface area contributed by atoms with Crippen LogP contribution < -0.4 is 0 Å². The summed E-state index contributed by atoms with van der Waals surface area (Å²) in [4.78, 5) is 0.373. The molecule has 112 valence electrons. The standard InChI is InChI=1S/C15H23NO3S/c1-13-3-5-15(6-4-13)20(17,18)16(2)10-7-14-8-11-19-12-9-14/h3-6,14H,7-12H2,1-2H3. The maximum absolute atomic E-state index is 12.4. The van der Waals surface area contributed by atoms with Crippen LogP contribution in [0.2, 0.25) is 0 Å². The van der Waals surface area contributed by atoms with E-state index in [4.69, 9.17) is 4.74 Å². The molecule has 0 saturated carbocycles. The summed E-state index contributed by atoms with van der Waals surface area (Å²) in [6, 6.07) is 7.02. The van der Waals surface area contributed by atoms with Crippen LogP contribution in [-0.2, 0) is 14.8 Å². The Hall–Kier alpha value is -0.910. The van der Waals surface area contributed by atoms with Crippen molar-refractivity contribution >= 4 is 10.0 Å². The van der Waals surface area contributed by atoms with Gasteiger partial charge in [0, 0.05) is 26.8 Å². The molecule has 20 heavy (non-hydrogen) atoms. The molecule has 0 unspecified atom stereocenters. The molecule has 4 nitrogen and oxygen atoms in total. The minimum atomic E-state index is -3.35. The monoisotopic (exact) mass is 297 g/mol. The summed E-state index contributed by atoms with van der Waals surface area (Å²) in [7, 11) is -1.69. The van der Waals surface area contributed by atoms with E-state index in [2.05, 4.69) is 0 Å². The van der Waals surface area contributed by atoms with Crippen molar-refractivity contribution in [2.24, 2.45) is 5.92 Å². The highest BCUT2D eigenvalue weighted by atomic mass is 32.2. The minimum Gasteiger partial charge on any atom is -0.381 e. The van der Waals surface area contributed by atoms with Crippen molar-refractivity contribution in [1.29, 1.82) is 0 Å². The van der Waals surface area contributed by atoms with Crippen LogP contribution in [0, 0.1) is 12.8 Å². The third kappa shape index (κ3) is 3.81. The van der Waals surface area contributed by atoms with E-state index in [0.717, 1.165) is 38.0 Å². The third-order valence-electron chi connectivity index (χ3n) is 3.92. The van der Waals surface area contributed by atoms with Gasteiger partial charge in [-0.3, -0.25) is 0 Å². The fraction of sp³-hybridized carbons (Fsp3) is 0.600. The van der Waals surface area contributed by atoms with E-state index in [-0.39, 0.29) is 0 Å². The van der Waals surface area contributed by atoms with Crippen LogP contribution in [0.15, 0.2) is 29.2 Å². The fourth-order valence-corrected chi connectivity index (χ4v) is 3.60. The van der Waals surface area contributed by atoms with Crippen molar-refractivity contribution < 1.29 is 13.2 Å². The zero-order chi connectivity index (χ0) is 14.6. The number of benzene rings is 1. The smallest absolute Gasteiger partial charge is 0.242 e. The molecule has 0 aliphatic carbocycles. The Morgan fingerprint density at radius 2 is 1.80 bits per heavy atom. The molecule has 5 heteroatoms. The number of nitrogens with zero attached hydrogens (tertiary/aromatic N) is 1. The predicted molar refractivity (Wildman–Crippen MR) is 79.2 cm³/mol. The second-order valence-electron chi connectivity index (χ2n) is 5.48. The SMILES string of the molecule is Cc1ccc(S(=O)(=O)N(C)CCC2CCOCC2)cc1. The highest BCUT2D eigenvalue weighted by Gasteiger charge is 2.22. The van der Waals surface area contributed by atoms with Gasteiger partial charge in [-0.2, -0.15) is 0 Å². The molecule has 0 spiro atoms. The molecule has 0 radical (unpaired) electrons. The van der Waals surface area contributed by atoms with Crippen LogP contribution in [0.5, 0.6) is 0 Å². The number of aryl methyl sites for hydroxylation is 1. The molecule has 2 rings (SSSR count). The second kappa shape index (κ2) is 6.70. The van der Waals surface area contributed by atoms with E-state index < -0.39 is 10.0 Å². The normalized spacial score (nSPS) is 17.6. The Balaban J connectivity index is 1.96. The first kappa shape index (κ1) is 15.5. The van der Waals surface area contributed by atoms with Gasteiger partial charge in [0.15, 0.2) is 0 Å². The number of ether oxygens (including phenoxy) is 1. The van der Waals surface area contributed by atoms with Gasteiger partial charge in [0.25, 0.3) is 0 Å². The van der Waals surface area contributed by atoms with Crippen LogP contribution in [-0.4, -0.2) is 39.5 Å². The maximum atomic E-state index is 12.4. The van der Waals surface area contributed by atoms with Gasteiger partial charge in [-0.05, 0) is 44.2 Å². The Bertz CT molecular complexity index is 519. The molecule has 1 saturated heterocycles. The van der Waals surface area contributed by atoms with Crippen LogP contribution in [0.25, 0.3) is 0 Å². The van der Waals surface area contributed by atoms with Gasteiger partial charge in [-0.1, -0.05) is 17.7 Å². The predicted octanol–water partition coefficient (Wildman–Crippen LogP) is 2.43. The Labute approximate surface area is 121 Å². The van der Waals surface area contributed by atoms with E-state index in [0.29, 0.717) is 17.4 Å². The third-order valence-corrected chi connectivity index (χ3v) is 5.79. The Morgan fingerprint density at radius 3 is 2.40 bits per heavy atom. The first-order valence-electron chi connectivity index (χ1n) is 7.11. The molecule has 1 aromatic rings. The molecule has 0 bridgehead atoms. The molecule has 1 aromatic carbocycles. The molecular weight excluding hydrogens is 274 g/mol. The summed E-state index contributed by atoms with van der Waals surface area (Å²) in [5.41, 5.74) is 1.06. The minimum absolute atomic E-state index is 0.373. The van der Waals surface area contributed by atoms with Crippen molar-refractivity contribution in [3.05, 3.63) is 29.8 Å². The van der Waals surface area contributed by atoms with Crippen molar-refractivity contribution in [3.63, 3.8) is 0 Å². The van der Waals surface area contributed by atoms with Gasteiger partial charge in [0.05, 0.1) is 4.90 Å². The fourth-order valence-electron chi connectivity index (χ4n) is 2.41. The zero-order valence-electron chi connectivity index (χ0n) is 12.2. The lowest BCUT2D eigenvalue weighted by Crippen LogP contribution is -2.30. The highest BCUT2D eigenvalue weighted by Crippen LogP contribution is 2.21. The molecule has 1 aliphatic rings. The van der Waals surface area contributed by atoms with Crippen molar-refractivity contribution in [3.8, 4) is 0 Å². The van der Waals surface area contributed by atoms with Gasteiger partial charge in [0.2, 0.25) is 10.0 Å². The lowest BCUT2D eigenvalue weighted by molar-refractivity contribution is 0.0628. The second-order valence-corrected chi connectivity index (χ2v) is 7.53. The molecule has 0 N–H and O–H groups in total. The van der Waals surface area contributed by atoms with E-state index in [1.165, 1.54) is 4.31 Å². The number of hydrogen-bond donors (Lipinski definition) is 0. The van der Waals surface area contributed by atoms with Gasteiger partial charge < -0.3 is 4.74 Å². The summed E-state index contributed by atoms with van der Waals surface area (Å²) in [6.45, 7) is 4.13. The summed E-state index contributed by atoms with van der Waals surface area (Å²) < 4.78 is 31.6. The van der Waals surface area contributed by atoms with Gasteiger partial charge in [-0.25, -0.2) is 12.7 Å². The first-order chi connectivity index (χ1) is 9.50. The lowest BCUT2D eigenvalue weighted by Gasteiger charge is -2.24. The molecule has 0 amide bonds. The zero-order valence-corrected chi connectivity index (χ0v) is 13.0. The number of hydrogen-bond acceptors (Lipinski definition) is 3. The molecule has 1 aliphatic heterocycles.